The van der Waals surface area contributed by atoms with Crippen molar-refractivity contribution in [3.05, 3.63) is 23.8 Å². The van der Waals surface area contributed by atoms with Crippen LogP contribution in [0.5, 0.6) is 0 Å². The predicted octanol–water partition coefficient (Wildman–Crippen LogP) is 4.37. The highest BCUT2D eigenvalue weighted by Gasteiger charge is 2.27. The molecule has 1 aromatic rings. The summed E-state index contributed by atoms with van der Waals surface area (Å²) in [5, 5.41) is 3.68. The van der Waals surface area contributed by atoms with Gasteiger partial charge in [-0.2, -0.15) is 0 Å². The number of carbonyl (C=O) groups excluding carboxylic acids is 1. The van der Waals surface area contributed by atoms with Crippen LogP contribution < -0.4 is 11.1 Å². The van der Waals surface area contributed by atoms with Crippen molar-refractivity contribution in [2.24, 2.45) is 11.7 Å². The summed E-state index contributed by atoms with van der Waals surface area (Å²) in [7, 11) is 0. The number of rotatable bonds is 5. The van der Waals surface area contributed by atoms with Crippen LogP contribution in [0.3, 0.4) is 0 Å². The number of aryl methyl sites for hydroxylation is 1. The number of nitrogens with one attached hydrogen (secondary N) is 1. The number of thioether (sulfide) groups is 1. The lowest BCUT2D eigenvalue weighted by Crippen LogP contribution is -2.23. The summed E-state index contributed by atoms with van der Waals surface area (Å²) in [5.41, 5.74) is 7.93. The Hall–Kier alpha value is -0.710. The summed E-state index contributed by atoms with van der Waals surface area (Å²) in [4.78, 5) is 13.5. The predicted molar refractivity (Wildman–Crippen MR) is 98.0 cm³/mol. The molecule has 0 heterocycles. The number of amides is 1. The second-order valence-corrected chi connectivity index (χ2v) is 7.58. The molecular formula is C17H27ClN2OS. The molecule has 0 radical (unpaired) electrons. The quantitative estimate of drug-likeness (QED) is 0.781. The van der Waals surface area contributed by atoms with E-state index < -0.39 is 0 Å². The first kappa shape index (κ1) is 19.3. The smallest absolute Gasteiger partial charge is 0.227 e. The van der Waals surface area contributed by atoms with E-state index in [1.54, 1.807) is 0 Å². The Kier molecular flexibility index (Phi) is 7.74. The largest absolute Gasteiger partial charge is 0.328 e. The Labute approximate surface area is 144 Å². The molecule has 0 saturated heterocycles. The lowest BCUT2D eigenvalue weighted by Gasteiger charge is -2.14. The van der Waals surface area contributed by atoms with Crippen molar-refractivity contribution in [1.29, 1.82) is 0 Å². The van der Waals surface area contributed by atoms with E-state index in [9.17, 15) is 4.79 Å². The highest BCUT2D eigenvalue weighted by Crippen LogP contribution is 2.30. The van der Waals surface area contributed by atoms with Crippen molar-refractivity contribution in [2.75, 3.05) is 5.32 Å². The summed E-state index contributed by atoms with van der Waals surface area (Å²) < 4.78 is 0. The minimum Gasteiger partial charge on any atom is -0.328 e. The zero-order chi connectivity index (χ0) is 15.4. The molecule has 1 aromatic carbocycles. The monoisotopic (exact) mass is 342 g/mol. The van der Waals surface area contributed by atoms with Crippen LogP contribution in [0.2, 0.25) is 0 Å². The van der Waals surface area contributed by atoms with Gasteiger partial charge in [0.1, 0.15) is 0 Å². The summed E-state index contributed by atoms with van der Waals surface area (Å²) >= 11 is 1.88. The van der Waals surface area contributed by atoms with Crippen molar-refractivity contribution in [3.63, 3.8) is 0 Å². The second-order valence-electron chi connectivity index (χ2n) is 6.07. The van der Waals surface area contributed by atoms with E-state index in [4.69, 9.17) is 5.73 Å². The van der Waals surface area contributed by atoms with Gasteiger partial charge in [-0.1, -0.05) is 13.8 Å². The fourth-order valence-corrected chi connectivity index (χ4v) is 3.68. The van der Waals surface area contributed by atoms with Crippen LogP contribution >= 0.6 is 24.2 Å². The first-order valence-corrected chi connectivity index (χ1v) is 8.71. The molecule has 2 rings (SSSR count). The first-order chi connectivity index (χ1) is 9.99. The molecule has 5 heteroatoms. The third-order valence-corrected chi connectivity index (χ3v) is 5.47. The fraction of sp³-hybridized carbons (Fsp3) is 0.588. The molecule has 22 heavy (non-hydrogen) atoms. The normalized spacial score (nSPS) is 22.0. The van der Waals surface area contributed by atoms with Gasteiger partial charge in [0.15, 0.2) is 0 Å². The maximum absolute atomic E-state index is 12.2. The molecule has 1 aliphatic carbocycles. The van der Waals surface area contributed by atoms with Crippen LogP contribution in [0.1, 0.15) is 45.1 Å². The number of hydrogen-bond donors (Lipinski definition) is 2. The zero-order valence-electron chi connectivity index (χ0n) is 13.6. The maximum Gasteiger partial charge on any atom is 0.227 e. The van der Waals surface area contributed by atoms with Gasteiger partial charge in [-0.05, 0) is 56.4 Å². The van der Waals surface area contributed by atoms with Crippen LogP contribution in [-0.2, 0) is 4.79 Å². The van der Waals surface area contributed by atoms with Crippen LogP contribution in [0.4, 0.5) is 5.69 Å². The van der Waals surface area contributed by atoms with Gasteiger partial charge in [0, 0.05) is 27.8 Å². The molecule has 1 saturated carbocycles. The van der Waals surface area contributed by atoms with Gasteiger partial charge >= 0.3 is 0 Å². The van der Waals surface area contributed by atoms with Crippen LogP contribution in [0.25, 0.3) is 0 Å². The van der Waals surface area contributed by atoms with Gasteiger partial charge in [0.25, 0.3) is 0 Å². The average Bonchev–Trinajstić information content (AvgIpc) is 2.88. The molecule has 3 unspecified atom stereocenters. The molecule has 0 bridgehead atoms. The minimum atomic E-state index is 0. The molecule has 0 spiro atoms. The molecule has 3 nitrogen and oxygen atoms in total. The van der Waals surface area contributed by atoms with E-state index in [2.05, 4.69) is 38.2 Å². The number of carbonyl (C=O) groups is 1. The Balaban J connectivity index is 0.00000242. The Bertz CT molecular complexity index is 509. The zero-order valence-corrected chi connectivity index (χ0v) is 15.2. The fourth-order valence-electron chi connectivity index (χ4n) is 2.65. The lowest BCUT2D eigenvalue weighted by molar-refractivity contribution is -0.119. The van der Waals surface area contributed by atoms with E-state index in [1.807, 2.05) is 17.8 Å². The number of anilines is 1. The summed E-state index contributed by atoms with van der Waals surface area (Å²) in [6.07, 6.45) is 3.84. The molecule has 1 amide bonds. The Morgan fingerprint density at radius 2 is 2.18 bits per heavy atom. The highest BCUT2D eigenvalue weighted by atomic mass is 35.5. The Morgan fingerprint density at radius 1 is 1.45 bits per heavy atom. The van der Waals surface area contributed by atoms with Crippen LogP contribution in [0.15, 0.2) is 23.1 Å². The topological polar surface area (TPSA) is 55.1 Å². The second kappa shape index (κ2) is 8.80. The van der Waals surface area contributed by atoms with Crippen LogP contribution in [0, 0.1) is 12.8 Å². The summed E-state index contributed by atoms with van der Waals surface area (Å²) in [6.45, 7) is 6.49. The van der Waals surface area contributed by atoms with Crippen molar-refractivity contribution < 1.29 is 4.79 Å². The number of benzene rings is 1. The lowest BCUT2D eigenvalue weighted by atomic mass is 10.1. The molecule has 1 aliphatic rings. The van der Waals surface area contributed by atoms with E-state index in [0.717, 1.165) is 36.9 Å². The molecule has 124 valence electrons. The molecule has 0 aliphatic heterocycles. The number of halogens is 1. The maximum atomic E-state index is 12.2. The molecule has 0 aromatic heterocycles. The van der Waals surface area contributed by atoms with Gasteiger partial charge < -0.3 is 11.1 Å². The standard InChI is InChI=1S/C17H26N2OS.ClH/c1-4-12(3)21-15-7-8-16(11(2)9-15)19-17(20)13-5-6-14(18)10-13;/h7-9,12-14H,4-6,10,18H2,1-3H3,(H,19,20);1H. The van der Waals surface area contributed by atoms with E-state index >= 15 is 0 Å². The van der Waals surface area contributed by atoms with E-state index in [-0.39, 0.29) is 30.3 Å². The van der Waals surface area contributed by atoms with Gasteiger partial charge in [0.05, 0.1) is 0 Å². The third kappa shape index (κ3) is 5.18. The van der Waals surface area contributed by atoms with Crippen molar-refractivity contribution in [2.45, 2.75) is 62.6 Å². The molecule has 3 N–H and O–H groups in total. The minimum absolute atomic E-state index is 0. The Morgan fingerprint density at radius 3 is 2.73 bits per heavy atom. The van der Waals surface area contributed by atoms with Crippen molar-refractivity contribution >= 4 is 35.8 Å². The first-order valence-electron chi connectivity index (χ1n) is 7.83. The average molecular weight is 343 g/mol. The summed E-state index contributed by atoms with van der Waals surface area (Å²) in [5.74, 6) is 0.196. The molecule has 1 fully saturated rings. The van der Waals surface area contributed by atoms with Gasteiger partial charge in [0.2, 0.25) is 5.91 Å². The molecule has 3 atom stereocenters. The molecular weight excluding hydrogens is 316 g/mol. The summed E-state index contributed by atoms with van der Waals surface area (Å²) in [6, 6.07) is 6.47. The van der Waals surface area contributed by atoms with E-state index in [0.29, 0.717) is 5.25 Å². The van der Waals surface area contributed by atoms with Crippen LogP contribution in [-0.4, -0.2) is 17.2 Å². The SMILES string of the molecule is CCC(C)Sc1ccc(NC(=O)C2CCC(N)C2)c(C)c1.Cl. The third-order valence-electron chi connectivity index (χ3n) is 4.21. The van der Waals surface area contributed by atoms with Crippen molar-refractivity contribution in [3.8, 4) is 0 Å². The van der Waals surface area contributed by atoms with Crippen molar-refractivity contribution in [1.82, 2.24) is 0 Å². The van der Waals surface area contributed by atoms with Gasteiger partial charge in [-0.25, -0.2) is 0 Å². The van der Waals surface area contributed by atoms with Gasteiger partial charge in [-0.15, -0.1) is 24.2 Å². The number of nitrogens with two attached hydrogens (primary N) is 1. The number of hydrogen-bond acceptors (Lipinski definition) is 3. The highest BCUT2D eigenvalue weighted by molar-refractivity contribution is 7.99. The van der Waals surface area contributed by atoms with E-state index in [1.165, 1.54) is 4.90 Å². The van der Waals surface area contributed by atoms with Gasteiger partial charge in [-0.3, -0.25) is 4.79 Å².